The number of carbonyl (C=O) groups is 2. The average Bonchev–Trinajstić information content (AvgIpc) is 3.01. The molecule has 8 heteroatoms. The summed E-state index contributed by atoms with van der Waals surface area (Å²) in [5.74, 6) is 0.728. The number of aryl methyl sites for hydroxylation is 2. The molecule has 152 valence electrons. The van der Waals surface area contributed by atoms with Gasteiger partial charge in [0.1, 0.15) is 11.6 Å². The Labute approximate surface area is 164 Å². The minimum atomic E-state index is -0.440. The smallest absolute Gasteiger partial charge is 0.307 e. The predicted molar refractivity (Wildman–Crippen MR) is 105 cm³/mol. The molecular weight excluding hydrogens is 360 g/mol. The summed E-state index contributed by atoms with van der Waals surface area (Å²) >= 11 is 0. The monoisotopic (exact) mass is 388 g/mol. The van der Waals surface area contributed by atoms with Crippen LogP contribution in [0.3, 0.4) is 0 Å². The summed E-state index contributed by atoms with van der Waals surface area (Å²) in [6.07, 6.45) is 4.43. The zero-order valence-corrected chi connectivity index (χ0v) is 16.5. The van der Waals surface area contributed by atoms with Crippen molar-refractivity contribution in [2.24, 2.45) is 13.0 Å². The molecule has 0 aliphatic carbocycles. The van der Waals surface area contributed by atoms with E-state index < -0.39 is 11.9 Å². The molecule has 0 bridgehead atoms. The number of hydrogen-bond acceptors (Lipinski definition) is 6. The van der Waals surface area contributed by atoms with Gasteiger partial charge in [0.05, 0.1) is 30.1 Å². The predicted octanol–water partition coefficient (Wildman–Crippen LogP) is 1.50. The van der Waals surface area contributed by atoms with Gasteiger partial charge in [-0.15, -0.1) is 0 Å². The highest BCUT2D eigenvalue weighted by atomic mass is 16.5. The molecule has 1 aliphatic heterocycles. The molecule has 1 aromatic carbocycles. The quantitative estimate of drug-likeness (QED) is 0.621. The van der Waals surface area contributed by atoms with E-state index in [1.165, 1.54) is 20.0 Å². The summed E-state index contributed by atoms with van der Waals surface area (Å²) in [5, 5.41) is 16.3. The number of nitrogens with one attached hydrogen (secondary N) is 2. The molecule has 2 aromatic rings. The van der Waals surface area contributed by atoms with Crippen molar-refractivity contribution < 1.29 is 19.4 Å². The standard InChI is InChI=1S/C20H28N4O4/c1-24-16-12-17(25)14(20(27)22-10-7-19(26)28-2)11-15(16)23-18(24)4-3-13-5-8-21-9-6-13/h11-13,21,25H,3-10H2,1-2H3,(H,22,27). The summed E-state index contributed by atoms with van der Waals surface area (Å²) in [5.41, 5.74) is 1.63. The second-order valence-corrected chi connectivity index (χ2v) is 7.26. The van der Waals surface area contributed by atoms with Crippen LogP contribution >= 0.6 is 0 Å². The number of imidazole rings is 1. The lowest BCUT2D eigenvalue weighted by molar-refractivity contribution is -0.140. The minimum absolute atomic E-state index is 0.0790. The van der Waals surface area contributed by atoms with Crippen LogP contribution in [0.2, 0.25) is 0 Å². The molecular formula is C20H28N4O4. The molecule has 0 unspecified atom stereocenters. The van der Waals surface area contributed by atoms with Crippen LogP contribution in [0.15, 0.2) is 12.1 Å². The molecule has 3 N–H and O–H groups in total. The molecule has 1 aromatic heterocycles. The van der Waals surface area contributed by atoms with Gasteiger partial charge in [-0.3, -0.25) is 9.59 Å². The Morgan fingerprint density at radius 2 is 2.11 bits per heavy atom. The Morgan fingerprint density at radius 1 is 1.36 bits per heavy atom. The van der Waals surface area contributed by atoms with Crippen LogP contribution in [0, 0.1) is 5.92 Å². The fourth-order valence-electron chi connectivity index (χ4n) is 3.66. The lowest BCUT2D eigenvalue weighted by Gasteiger charge is -2.22. The largest absolute Gasteiger partial charge is 0.507 e. The molecule has 1 aliphatic rings. The van der Waals surface area contributed by atoms with E-state index in [1.54, 1.807) is 12.1 Å². The van der Waals surface area contributed by atoms with Crippen molar-refractivity contribution in [2.45, 2.75) is 32.1 Å². The second-order valence-electron chi connectivity index (χ2n) is 7.26. The first-order valence-electron chi connectivity index (χ1n) is 9.73. The highest BCUT2D eigenvalue weighted by Gasteiger charge is 2.18. The number of phenolic OH excluding ortho intramolecular Hbond substituents is 1. The number of piperidine rings is 1. The van der Waals surface area contributed by atoms with Gasteiger partial charge in [-0.05, 0) is 44.3 Å². The summed E-state index contributed by atoms with van der Waals surface area (Å²) < 4.78 is 6.53. The zero-order valence-electron chi connectivity index (χ0n) is 16.5. The SMILES string of the molecule is COC(=O)CCNC(=O)c1cc2nc(CCC3CCNCC3)n(C)c2cc1O. The normalized spacial score (nSPS) is 14.9. The number of fused-ring (bicyclic) bond motifs is 1. The maximum absolute atomic E-state index is 12.3. The molecule has 28 heavy (non-hydrogen) atoms. The number of esters is 1. The van der Waals surface area contributed by atoms with Crippen molar-refractivity contribution in [1.29, 1.82) is 0 Å². The summed E-state index contributed by atoms with van der Waals surface area (Å²) in [6.45, 7) is 2.30. The summed E-state index contributed by atoms with van der Waals surface area (Å²) in [4.78, 5) is 28.2. The third-order valence-corrected chi connectivity index (χ3v) is 5.41. The van der Waals surface area contributed by atoms with Crippen molar-refractivity contribution in [3.05, 3.63) is 23.5 Å². The van der Waals surface area contributed by atoms with Crippen LogP contribution in [-0.4, -0.2) is 53.3 Å². The fraction of sp³-hybridized carbons (Fsp3) is 0.550. The van der Waals surface area contributed by atoms with E-state index >= 15 is 0 Å². The Hall–Kier alpha value is -2.61. The minimum Gasteiger partial charge on any atom is -0.507 e. The molecule has 2 heterocycles. The van der Waals surface area contributed by atoms with Crippen LogP contribution < -0.4 is 10.6 Å². The van der Waals surface area contributed by atoms with E-state index in [0.29, 0.717) is 11.4 Å². The first-order chi connectivity index (χ1) is 13.5. The topological polar surface area (TPSA) is 105 Å². The third-order valence-electron chi connectivity index (χ3n) is 5.41. The number of aromatic hydroxyl groups is 1. The van der Waals surface area contributed by atoms with Gasteiger partial charge in [0.2, 0.25) is 0 Å². The van der Waals surface area contributed by atoms with Gasteiger partial charge < -0.3 is 25.0 Å². The molecule has 0 atom stereocenters. The van der Waals surface area contributed by atoms with E-state index in [9.17, 15) is 14.7 Å². The highest BCUT2D eigenvalue weighted by Crippen LogP contribution is 2.27. The van der Waals surface area contributed by atoms with Crippen molar-refractivity contribution in [2.75, 3.05) is 26.7 Å². The number of methoxy groups -OCH3 is 1. The van der Waals surface area contributed by atoms with Crippen LogP contribution in [0.5, 0.6) is 5.75 Å². The number of nitrogens with zero attached hydrogens (tertiary/aromatic N) is 2. The molecule has 1 amide bonds. The van der Waals surface area contributed by atoms with Gasteiger partial charge >= 0.3 is 5.97 Å². The number of phenols is 1. The number of aromatic nitrogens is 2. The van der Waals surface area contributed by atoms with E-state index in [4.69, 9.17) is 0 Å². The Balaban J connectivity index is 1.71. The van der Waals surface area contributed by atoms with Crippen LogP contribution in [0.1, 0.15) is 41.9 Å². The number of rotatable bonds is 7. The summed E-state index contributed by atoms with van der Waals surface area (Å²) in [6, 6.07) is 3.18. The maximum Gasteiger partial charge on any atom is 0.307 e. The zero-order chi connectivity index (χ0) is 20.1. The van der Waals surface area contributed by atoms with Gasteiger partial charge in [-0.1, -0.05) is 0 Å². The number of ether oxygens (including phenoxy) is 1. The van der Waals surface area contributed by atoms with Crippen LogP contribution in [-0.2, 0) is 23.0 Å². The van der Waals surface area contributed by atoms with Gasteiger partial charge in [-0.2, -0.15) is 0 Å². The number of hydrogen-bond donors (Lipinski definition) is 3. The van der Waals surface area contributed by atoms with E-state index in [1.807, 2.05) is 11.6 Å². The Bertz CT molecular complexity index is 855. The Morgan fingerprint density at radius 3 is 2.82 bits per heavy atom. The van der Waals surface area contributed by atoms with Gasteiger partial charge in [0.25, 0.3) is 5.91 Å². The Kier molecular flexibility index (Phi) is 6.51. The van der Waals surface area contributed by atoms with Crippen molar-refractivity contribution in [3.8, 4) is 5.75 Å². The molecule has 1 saturated heterocycles. The van der Waals surface area contributed by atoms with Crippen LogP contribution in [0.25, 0.3) is 11.0 Å². The average molecular weight is 388 g/mol. The molecule has 3 rings (SSSR count). The van der Waals surface area contributed by atoms with E-state index in [-0.39, 0.29) is 24.3 Å². The van der Waals surface area contributed by atoms with Gasteiger partial charge in [0.15, 0.2) is 0 Å². The number of amides is 1. The fourth-order valence-corrected chi connectivity index (χ4v) is 3.66. The number of benzene rings is 1. The molecule has 0 radical (unpaired) electrons. The molecule has 8 nitrogen and oxygen atoms in total. The first kappa shape index (κ1) is 20.1. The van der Waals surface area contributed by atoms with E-state index in [0.717, 1.165) is 37.3 Å². The van der Waals surface area contributed by atoms with Crippen LogP contribution in [0.4, 0.5) is 0 Å². The number of carbonyl (C=O) groups excluding carboxylic acids is 2. The second kappa shape index (κ2) is 9.05. The summed E-state index contributed by atoms with van der Waals surface area (Å²) in [7, 11) is 3.23. The maximum atomic E-state index is 12.3. The van der Waals surface area contributed by atoms with Crippen molar-refractivity contribution in [1.82, 2.24) is 20.2 Å². The molecule has 0 saturated carbocycles. The van der Waals surface area contributed by atoms with Gasteiger partial charge in [-0.25, -0.2) is 4.98 Å². The highest BCUT2D eigenvalue weighted by molar-refractivity contribution is 6.00. The van der Waals surface area contributed by atoms with Gasteiger partial charge in [0, 0.05) is 26.1 Å². The van der Waals surface area contributed by atoms with Crippen molar-refractivity contribution >= 4 is 22.9 Å². The molecule has 0 spiro atoms. The third kappa shape index (κ3) is 4.62. The lowest BCUT2D eigenvalue weighted by atomic mass is 9.93. The first-order valence-corrected chi connectivity index (χ1v) is 9.73. The lowest BCUT2D eigenvalue weighted by Crippen LogP contribution is -2.28. The van der Waals surface area contributed by atoms with Crippen molar-refractivity contribution in [3.63, 3.8) is 0 Å². The molecule has 1 fully saturated rings. The van der Waals surface area contributed by atoms with E-state index in [2.05, 4.69) is 20.4 Å².